The second-order valence-electron chi connectivity index (χ2n) is 11.6. The second-order valence-corrected chi connectivity index (χ2v) is 15.3. The summed E-state index contributed by atoms with van der Waals surface area (Å²) in [6.45, 7) is 0.687. The Morgan fingerprint density at radius 2 is 1.86 bits per heavy atom. The van der Waals surface area contributed by atoms with E-state index in [1.54, 1.807) is 56.0 Å². The van der Waals surface area contributed by atoms with E-state index in [1.807, 2.05) is 18.2 Å². The highest BCUT2D eigenvalue weighted by Gasteiger charge is 2.53. The topological polar surface area (TPSA) is 175 Å². The molecule has 19 heteroatoms. The van der Waals surface area contributed by atoms with Gasteiger partial charge < -0.3 is 43.3 Å². The minimum absolute atomic E-state index is 0.0794. The van der Waals surface area contributed by atoms with Gasteiger partial charge in [-0.1, -0.05) is 16.9 Å². The lowest BCUT2D eigenvalue weighted by atomic mass is 9.89. The van der Waals surface area contributed by atoms with Crippen LogP contribution in [0.5, 0.6) is 0 Å². The van der Waals surface area contributed by atoms with E-state index < -0.39 is 39.3 Å². The summed E-state index contributed by atoms with van der Waals surface area (Å²) in [6.07, 6.45) is 5.80. The number of fused-ring (bicyclic) bond motifs is 2. The first-order chi connectivity index (χ1) is 23.2. The van der Waals surface area contributed by atoms with Gasteiger partial charge in [0.25, 0.3) is 0 Å². The van der Waals surface area contributed by atoms with Crippen molar-refractivity contribution >= 4 is 65.9 Å². The second kappa shape index (κ2) is 17.1. The Balaban J connectivity index is 1.23. The Morgan fingerprint density at radius 3 is 2.57 bits per heavy atom. The highest BCUT2D eigenvalue weighted by atomic mass is 33.1. The fraction of sp³-hybridized carbons (Fsp3) is 0.433. The van der Waals surface area contributed by atoms with Gasteiger partial charge >= 0.3 is 14.8 Å². The molecule has 5 N–H and O–H groups in total. The maximum atomic E-state index is 15.8. The molecule has 0 bridgehead atoms. The van der Waals surface area contributed by atoms with E-state index in [0.717, 1.165) is 19.6 Å². The van der Waals surface area contributed by atoms with Gasteiger partial charge in [-0.05, 0) is 73.9 Å². The molecule has 49 heavy (non-hydrogen) atoms. The van der Waals surface area contributed by atoms with Crippen molar-refractivity contribution in [1.82, 2.24) is 25.4 Å². The third-order valence-electron chi connectivity index (χ3n) is 7.81. The fourth-order valence-corrected chi connectivity index (χ4v) is 7.71. The van der Waals surface area contributed by atoms with Crippen molar-refractivity contribution < 1.29 is 46.4 Å². The Hall–Kier alpha value is -3.28. The first-order valence-corrected chi connectivity index (χ1v) is 19.5. The maximum absolute atomic E-state index is 15.8. The monoisotopic (exact) mass is 740 g/mol. The number of phosphoric acid groups is 1. The molecule has 0 saturated heterocycles. The van der Waals surface area contributed by atoms with Crippen molar-refractivity contribution in [3.63, 3.8) is 0 Å². The molecule has 0 fully saturated rings. The largest absolute Gasteiger partial charge is 0.737 e. The highest BCUT2D eigenvalue weighted by Crippen LogP contribution is 2.37. The van der Waals surface area contributed by atoms with Gasteiger partial charge in [-0.15, -0.1) is 0 Å². The van der Waals surface area contributed by atoms with Crippen LogP contribution in [0.2, 0.25) is 0 Å². The standard InChI is InChI=1S/C30H40BF2N6O7PS2/c1-20-16-22(3)38-25(20)18-26-21(2)17-23(39(26)31(38,32)33)10-11-28(41)37-24(19-46-47(43,44)45)30(42)36-13-6-4-8-27(40)34-14-15-48-49-29-9-5-7-12-35-29/h5,7,9,12,16-18,24H,4,6,8,10-11,13-15,19H2,1-3H3,(H,34,40)(H,36,42)(H,37,41)(H2,43,44,45). The van der Waals surface area contributed by atoms with Crippen molar-refractivity contribution in [3.05, 3.63) is 64.8 Å². The smallest absolute Gasteiger partial charge is 0.394 e. The average Bonchev–Trinajstić information content (AvgIpc) is 3.52. The van der Waals surface area contributed by atoms with Crippen LogP contribution in [0.4, 0.5) is 8.63 Å². The van der Waals surface area contributed by atoms with E-state index in [0.29, 0.717) is 47.8 Å². The van der Waals surface area contributed by atoms with Gasteiger partial charge in [-0.2, -0.15) is 0 Å². The quantitative estimate of drug-likeness (QED) is 0.0656. The summed E-state index contributed by atoms with van der Waals surface area (Å²) in [5.41, 5.74) is 2.80. The number of carbonyl (C=O) groups excluding carboxylic acids is 3. The van der Waals surface area contributed by atoms with Crippen LogP contribution in [0.3, 0.4) is 0 Å². The molecular weight excluding hydrogens is 700 g/mol. The molecule has 0 saturated carbocycles. The third-order valence-corrected chi connectivity index (χ3v) is 10.6. The predicted octanol–water partition coefficient (Wildman–Crippen LogP) is 3.71. The molecule has 266 valence electrons. The number of allylic oxidation sites excluding steroid dienone is 2. The molecule has 0 radical (unpaired) electrons. The summed E-state index contributed by atoms with van der Waals surface area (Å²) in [6, 6.07) is 5.88. The molecule has 4 heterocycles. The first kappa shape index (κ1) is 38.5. The van der Waals surface area contributed by atoms with Crippen LogP contribution in [0.25, 0.3) is 6.08 Å². The van der Waals surface area contributed by atoms with Crippen molar-refractivity contribution in [3.8, 4) is 0 Å². The van der Waals surface area contributed by atoms with Crippen molar-refractivity contribution in [1.29, 1.82) is 0 Å². The van der Waals surface area contributed by atoms with Crippen LogP contribution in [-0.2, 0) is 23.5 Å². The number of nitrogens with zero attached hydrogens (tertiary/aromatic N) is 3. The van der Waals surface area contributed by atoms with E-state index in [-0.39, 0.29) is 37.4 Å². The van der Waals surface area contributed by atoms with E-state index in [1.165, 1.54) is 10.8 Å². The molecule has 2 aromatic heterocycles. The molecule has 2 aromatic rings. The number of aromatic nitrogens is 2. The molecule has 0 aromatic carbocycles. The summed E-state index contributed by atoms with van der Waals surface area (Å²) >= 11 is 0. The van der Waals surface area contributed by atoms with Crippen LogP contribution in [0, 0.1) is 13.8 Å². The Bertz CT molecular complexity index is 1700. The van der Waals surface area contributed by atoms with Crippen LogP contribution < -0.4 is 16.0 Å². The Labute approximate surface area is 291 Å². The number of halogens is 2. The first-order valence-electron chi connectivity index (χ1n) is 15.7. The zero-order chi connectivity index (χ0) is 35.8. The zero-order valence-electron chi connectivity index (χ0n) is 27.4. The average molecular weight is 741 g/mol. The Kier molecular flexibility index (Phi) is 13.4. The molecule has 1 atom stereocenters. The molecule has 2 aliphatic heterocycles. The number of phosphoric ester groups is 1. The highest BCUT2D eigenvalue weighted by molar-refractivity contribution is 8.76. The van der Waals surface area contributed by atoms with E-state index >= 15 is 8.63 Å². The number of hydrogen-bond donors (Lipinski definition) is 5. The van der Waals surface area contributed by atoms with Crippen LogP contribution >= 0.6 is 29.4 Å². The molecular formula is C30H40BF2N6O7PS2. The van der Waals surface area contributed by atoms with Crippen LogP contribution in [0.1, 0.15) is 56.0 Å². The van der Waals surface area contributed by atoms with Gasteiger partial charge in [-0.3, -0.25) is 18.9 Å². The molecule has 1 unspecified atom stereocenters. The normalized spacial score (nSPS) is 15.6. The van der Waals surface area contributed by atoms with E-state index in [2.05, 4.69) is 25.5 Å². The number of aryl methyl sites for hydroxylation is 2. The fourth-order valence-electron chi connectivity index (χ4n) is 5.59. The molecule has 0 spiro atoms. The predicted molar refractivity (Wildman–Crippen MR) is 186 cm³/mol. The lowest BCUT2D eigenvalue weighted by molar-refractivity contribution is -0.363. The van der Waals surface area contributed by atoms with Crippen LogP contribution in [-0.4, -0.2) is 85.6 Å². The van der Waals surface area contributed by atoms with Gasteiger partial charge in [0.15, 0.2) is 5.70 Å². The Morgan fingerprint density at radius 1 is 1.08 bits per heavy atom. The van der Waals surface area contributed by atoms with Crippen molar-refractivity contribution in [2.75, 3.05) is 25.4 Å². The van der Waals surface area contributed by atoms with Crippen molar-refractivity contribution in [2.24, 2.45) is 0 Å². The SMILES string of the molecule is CC1=CC(CCC(=O)NC(COP(=O)(O)O)C(=O)NCCCCC(=O)NCCSSc2ccccn2)=[N+]2C1=Cc1c(C)cc(C)n1[B-]2(F)F. The molecule has 3 amide bonds. The minimum Gasteiger partial charge on any atom is -0.394 e. The van der Waals surface area contributed by atoms with Gasteiger partial charge in [0.05, 0.1) is 6.61 Å². The lowest BCUT2D eigenvalue weighted by Gasteiger charge is -2.31. The van der Waals surface area contributed by atoms with E-state index in [4.69, 9.17) is 9.79 Å². The molecule has 4 rings (SSSR count). The summed E-state index contributed by atoms with van der Waals surface area (Å²) in [7, 11) is -1.87. The van der Waals surface area contributed by atoms with Gasteiger partial charge in [0.1, 0.15) is 16.8 Å². The van der Waals surface area contributed by atoms with E-state index in [9.17, 15) is 18.9 Å². The molecule has 13 nitrogen and oxygen atoms in total. The van der Waals surface area contributed by atoms with Crippen LogP contribution in [0.15, 0.2) is 52.8 Å². The summed E-state index contributed by atoms with van der Waals surface area (Å²) in [5.74, 6) is -0.884. The number of rotatable bonds is 18. The third kappa shape index (κ3) is 10.6. The lowest BCUT2D eigenvalue weighted by Crippen LogP contribution is -2.51. The van der Waals surface area contributed by atoms with Gasteiger partial charge in [0, 0.05) is 67.7 Å². The molecule has 2 aliphatic rings. The van der Waals surface area contributed by atoms with Gasteiger partial charge in [-0.25, -0.2) is 9.55 Å². The van der Waals surface area contributed by atoms with Gasteiger partial charge in [0.2, 0.25) is 17.7 Å². The van der Waals surface area contributed by atoms with Crippen molar-refractivity contribution in [2.45, 2.75) is 63.9 Å². The number of pyridine rings is 1. The number of hydrogen-bond acceptors (Lipinski definition) is 8. The maximum Gasteiger partial charge on any atom is 0.737 e. The summed E-state index contributed by atoms with van der Waals surface area (Å²) in [4.78, 5) is 60.4. The number of carbonyl (C=O) groups is 3. The zero-order valence-corrected chi connectivity index (χ0v) is 29.9. The summed E-state index contributed by atoms with van der Waals surface area (Å²) < 4.78 is 49.5. The minimum atomic E-state index is -4.97. The number of unbranched alkanes of at least 4 members (excludes halogenated alkanes) is 1. The summed E-state index contributed by atoms with van der Waals surface area (Å²) in [5, 5.41) is 8.70. The molecule has 0 aliphatic carbocycles. The number of amides is 3. The number of nitrogens with one attached hydrogen (secondary N) is 3.